The molecule has 0 aliphatic rings. The summed E-state index contributed by atoms with van der Waals surface area (Å²) in [4.78, 5) is 0.545. The predicted octanol–water partition coefficient (Wildman–Crippen LogP) is 2.87. The molecular weight excluding hydrogens is 286 g/mol. The highest BCUT2D eigenvalue weighted by atomic mass is 32.1. The minimum Gasteiger partial charge on any atom is -0.493 e. The van der Waals surface area contributed by atoms with Crippen LogP contribution in [-0.2, 0) is 6.42 Å². The Bertz CT molecular complexity index is 661. The van der Waals surface area contributed by atoms with Crippen LogP contribution in [0.3, 0.4) is 0 Å². The van der Waals surface area contributed by atoms with Crippen molar-refractivity contribution >= 4 is 22.0 Å². The fourth-order valence-electron chi connectivity index (χ4n) is 1.95. The van der Waals surface area contributed by atoms with Gasteiger partial charge in [0.1, 0.15) is 10.9 Å². The van der Waals surface area contributed by atoms with Crippen molar-refractivity contribution in [3.8, 4) is 17.6 Å². The van der Waals surface area contributed by atoms with E-state index in [2.05, 4.69) is 11.4 Å². The SMILES string of the molecule is COc1ccc(CCNc2cc(N)c(C#N)s2)cc1OC. The third kappa shape index (κ3) is 3.58. The molecule has 1 aromatic heterocycles. The van der Waals surface area contributed by atoms with Gasteiger partial charge in [0, 0.05) is 6.54 Å². The van der Waals surface area contributed by atoms with E-state index in [1.54, 1.807) is 20.3 Å². The Balaban J connectivity index is 1.95. The molecule has 0 fully saturated rings. The molecule has 0 aliphatic carbocycles. The molecule has 21 heavy (non-hydrogen) atoms. The van der Waals surface area contributed by atoms with Crippen LogP contribution in [0, 0.1) is 11.3 Å². The quantitative estimate of drug-likeness (QED) is 0.857. The zero-order valence-corrected chi connectivity index (χ0v) is 12.8. The highest BCUT2D eigenvalue weighted by molar-refractivity contribution is 7.17. The number of nitrogens with zero attached hydrogens (tertiary/aromatic N) is 1. The first-order valence-corrected chi connectivity index (χ1v) is 7.23. The van der Waals surface area contributed by atoms with Crippen molar-refractivity contribution in [2.24, 2.45) is 0 Å². The largest absolute Gasteiger partial charge is 0.493 e. The third-order valence-corrected chi connectivity index (χ3v) is 4.04. The number of nitriles is 1. The summed E-state index contributed by atoms with van der Waals surface area (Å²) in [6, 6.07) is 9.73. The Morgan fingerprint density at radius 2 is 2.00 bits per heavy atom. The summed E-state index contributed by atoms with van der Waals surface area (Å²) in [5.41, 5.74) is 7.39. The number of benzene rings is 1. The highest BCUT2D eigenvalue weighted by Crippen LogP contribution is 2.29. The summed E-state index contributed by atoms with van der Waals surface area (Å²) < 4.78 is 10.5. The number of rotatable bonds is 6. The van der Waals surface area contributed by atoms with Crippen LogP contribution < -0.4 is 20.5 Å². The van der Waals surface area contributed by atoms with Crippen LogP contribution in [0.2, 0.25) is 0 Å². The van der Waals surface area contributed by atoms with Crippen molar-refractivity contribution in [2.75, 3.05) is 31.8 Å². The number of hydrogen-bond acceptors (Lipinski definition) is 6. The van der Waals surface area contributed by atoms with Crippen LogP contribution in [0.4, 0.5) is 10.7 Å². The molecule has 110 valence electrons. The van der Waals surface area contributed by atoms with E-state index in [0.717, 1.165) is 35.0 Å². The summed E-state index contributed by atoms with van der Waals surface area (Å²) in [6.07, 6.45) is 0.833. The van der Waals surface area contributed by atoms with Gasteiger partial charge in [-0.25, -0.2) is 0 Å². The van der Waals surface area contributed by atoms with Crippen molar-refractivity contribution in [2.45, 2.75) is 6.42 Å². The number of hydrogen-bond donors (Lipinski definition) is 2. The molecule has 1 heterocycles. The van der Waals surface area contributed by atoms with Gasteiger partial charge in [0.15, 0.2) is 11.5 Å². The number of nitrogens with two attached hydrogens (primary N) is 1. The maximum absolute atomic E-state index is 8.87. The maximum Gasteiger partial charge on any atom is 0.160 e. The summed E-state index contributed by atoms with van der Waals surface area (Å²) in [5, 5.41) is 13.0. The smallest absolute Gasteiger partial charge is 0.160 e. The average Bonchev–Trinajstić information content (AvgIpc) is 2.87. The second-order valence-corrected chi connectivity index (χ2v) is 5.43. The second kappa shape index (κ2) is 6.86. The van der Waals surface area contributed by atoms with Crippen LogP contribution in [0.5, 0.6) is 11.5 Å². The Kier molecular flexibility index (Phi) is 4.90. The van der Waals surface area contributed by atoms with Gasteiger partial charge in [-0.15, -0.1) is 11.3 Å². The Morgan fingerprint density at radius 1 is 1.24 bits per heavy atom. The van der Waals surface area contributed by atoms with Gasteiger partial charge in [-0.1, -0.05) is 6.07 Å². The Labute approximate surface area is 127 Å². The molecule has 1 aromatic carbocycles. The van der Waals surface area contributed by atoms with Gasteiger partial charge < -0.3 is 20.5 Å². The number of methoxy groups -OCH3 is 2. The lowest BCUT2D eigenvalue weighted by molar-refractivity contribution is 0.354. The Hall–Kier alpha value is -2.39. The molecular formula is C15H17N3O2S. The van der Waals surface area contributed by atoms with Crippen LogP contribution >= 0.6 is 11.3 Å². The van der Waals surface area contributed by atoms with Crippen molar-refractivity contribution in [1.29, 1.82) is 5.26 Å². The van der Waals surface area contributed by atoms with Crippen molar-refractivity contribution in [3.63, 3.8) is 0 Å². The van der Waals surface area contributed by atoms with Crippen LogP contribution in [0.15, 0.2) is 24.3 Å². The number of nitrogen functional groups attached to an aromatic ring is 1. The molecule has 0 radical (unpaired) electrons. The monoisotopic (exact) mass is 303 g/mol. The molecule has 5 nitrogen and oxygen atoms in total. The molecule has 0 atom stereocenters. The van der Waals surface area contributed by atoms with Gasteiger partial charge in [-0.05, 0) is 30.2 Å². The van der Waals surface area contributed by atoms with Crippen LogP contribution in [0.25, 0.3) is 0 Å². The fraction of sp³-hybridized carbons (Fsp3) is 0.267. The van der Waals surface area contributed by atoms with E-state index in [4.69, 9.17) is 20.5 Å². The molecule has 0 aliphatic heterocycles. The first kappa shape index (κ1) is 15.0. The lowest BCUT2D eigenvalue weighted by Gasteiger charge is -2.10. The molecule has 3 N–H and O–H groups in total. The second-order valence-electron chi connectivity index (χ2n) is 4.37. The van der Waals surface area contributed by atoms with Gasteiger partial charge in [-0.2, -0.15) is 5.26 Å². The zero-order chi connectivity index (χ0) is 15.2. The topological polar surface area (TPSA) is 80.3 Å². The van der Waals surface area contributed by atoms with E-state index >= 15 is 0 Å². The molecule has 2 aromatic rings. The lowest BCUT2D eigenvalue weighted by Crippen LogP contribution is -2.04. The van der Waals surface area contributed by atoms with Crippen molar-refractivity contribution in [1.82, 2.24) is 0 Å². The van der Waals surface area contributed by atoms with E-state index in [1.807, 2.05) is 18.2 Å². The number of nitrogens with one attached hydrogen (secondary N) is 1. The van der Waals surface area contributed by atoms with E-state index in [9.17, 15) is 0 Å². The van der Waals surface area contributed by atoms with E-state index in [0.29, 0.717) is 10.6 Å². The molecule has 0 bridgehead atoms. The number of ether oxygens (including phenoxy) is 2. The van der Waals surface area contributed by atoms with E-state index in [-0.39, 0.29) is 0 Å². The fourth-order valence-corrected chi connectivity index (χ4v) is 2.75. The van der Waals surface area contributed by atoms with Gasteiger partial charge in [-0.3, -0.25) is 0 Å². The van der Waals surface area contributed by atoms with Crippen LogP contribution in [0.1, 0.15) is 10.4 Å². The molecule has 6 heteroatoms. The minimum atomic E-state index is 0.524. The van der Waals surface area contributed by atoms with Gasteiger partial charge >= 0.3 is 0 Å². The summed E-state index contributed by atoms with van der Waals surface area (Å²) >= 11 is 1.37. The average molecular weight is 303 g/mol. The molecule has 0 amide bonds. The van der Waals surface area contributed by atoms with E-state index < -0.39 is 0 Å². The maximum atomic E-state index is 8.87. The Morgan fingerprint density at radius 3 is 2.62 bits per heavy atom. The number of thiophene rings is 1. The molecule has 0 saturated carbocycles. The molecule has 2 rings (SSSR count). The van der Waals surface area contributed by atoms with Crippen molar-refractivity contribution < 1.29 is 9.47 Å². The lowest BCUT2D eigenvalue weighted by atomic mass is 10.1. The van der Waals surface area contributed by atoms with Gasteiger partial charge in [0.05, 0.1) is 24.9 Å². The van der Waals surface area contributed by atoms with E-state index in [1.165, 1.54) is 11.3 Å². The first-order valence-electron chi connectivity index (χ1n) is 6.42. The third-order valence-electron chi connectivity index (χ3n) is 3.02. The summed E-state index contributed by atoms with van der Waals surface area (Å²) in [7, 11) is 3.24. The normalized spacial score (nSPS) is 9.95. The number of anilines is 2. The van der Waals surface area contributed by atoms with Gasteiger partial charge in [0.2, 0.25) is 0 Å². The van der Waals surface area contributed by atoms with Crippen LogP contribution in [-0.4, -0.2) is 20.8 Å². The molecule has 0 saturated heterocycles. The summed E-state index contributed by atoms with van der Waals surface area (Å²) in [5.74, 6) is 1.45. The standard InChI is InChI=1S/C15H17N3O2S/c1-19-12-4-3-10(7-13(12)20-2)5-6-18-15-8-11(17)14(9-16)21-15/h3-4,7-8,18H,5-6,17H2,1-2H3. The zero-order valence-electron chi connectivity index (χ0n) is 12.0. The van der Waals surface area contributed by atoms with Gasteiger partial charge in [0.25, 0.3) is 0 Å². The molecule has 0 unspecified atom stereocenters. The highest BCUT2D eigenvalue weighted by Gasteiger charge is 2.06. The predicted molar refractivity (Wildman–Crippen MR) is 85.2 cm³/mol. The minimum absolute atomic E-state index is 0.524. The van der Waals surface area contributed by atoms with Crippen molar-refractivity contribution in [3.05, 3.63) is 34.7 Å². The molecule has 0 spiro atoms. The first-order chi connectivity index (χ1) is 10.2. The summed E-state index contributed by atoms with van der Waals surface area (Å²) in [6.45, 7) is 0.750.